The van der Waals surface area contributed by atoms with Gasteiger partial charge in [-0.3, -0.25) is 0 Å². The summed E-state index contributed by atoms with van der Waals surface area (Å²) in [5.41, 5.74) is 1.02. The molecule has 0 atom stereocenters. The summed E-state index contributed by atoms with van der Waals surface area (Å²) in [6, 6.07) is 7.95. The predicted molar refractivity (Wildman–Crippen MR) is 73.8 cm³/mol. The van der Waals surface area contributed by atoms with Gasteiger partial charge >= 0.3 is 0 Å². The lowest BCUT2D eigenvalue weighted by atomic mass is 10.1. The fourth-order valence-corrected chi connectivity index (χ4v) is 2.35. The second kappa shape index (κ2) is 5.47. The Morgan fingerprint density at radius 2 is 1.82 bits per heavy atom. The van der Waals surface area contributed by atoms with Crippen molar-refractivity contribution in [3.05, 3.63) is 29.8 Å². The van der Waals surface area contributed by atoms with Crippen LogP contribution in [0, 0.1) is 0 Å². The molecule has 17 heavy (non-hydrogen) atoms. The summed E-state index contributed by atoms with van der Waals surface area (Å²) in [4.78, 5) is 5.48. The van der Waals surface area contributed by atoms with Crippen molar-refractivity contribution in [2.45, 2.75) is 0 Å². The summed E-state index contributed by atoms with van der Waals surface area (Å²) in [7, 11) is 3.83. The Morgan fingerprint density at radius 3 is 2.47 bits per heavy atom. The first-order valence-corrected chi connectivity index (χ1v) is 6.24. The van der Waals surface area contributed by atoms with Crippen LogP contribution in [0.3, 0.4) is 0 Å². The maximum absolute atomic E-state index is 5.56. The van der Waals surface area contributed by atoms with Gasteiger partial charge in [-0.15, -0.1) is 0 Å². The molecule has 0 aromatic heterocycles. The van der Waals surface area contributed by atoms with Crippen LogP contribution in [-0.2, 0) is 0 Å². The van der Waals surface area contributed by atoms with Crippen LogP contribution in [0.4, 0.5) is 0 Å². The number of likely N-dealkylation sites (N-methyl/N-ethyl adjacent to an activating group) is 1. The minimum Gasteiger partial charge on any atom is -0.496 e. The van der Waals surface area contributed by atoms with Crippen LogP contribution in [0.2, 0.25) is 0 Å². The van der Waals surface area contributed by atoms with Gasteiger partial charge < -0.3 is 14.5 Å². The summed E-state index contributed by atoms with van der Waals surface area (Å²) in [5, 5.41) is 0. The molecule has 3 nitrogen and oxygen atoms in total. The summed E-state index contributed by atoms with van der Waals surface area (Å²) < 4.78 is 5.35. The fraction of sp³-hybridized carbons (Fsp3) is 0.462. The minimum absolute atomic E-state index is 0.858. The van der Waals surface area contributed by atoms with Gasteiger partial charge in [0.05, 0.1) is 12.7 Å². The first-order chi connectivity index (χ1) is 8.22. The average molecular weight is 250 g/mol. The third kappa shape index (κ3) is 2.76. The number of piperazine rings is 1. The van der Waals surface area contributed by atoms with Crippen LogP contribution in [0.1, 0.15) is 5.56 Å². The maximum atomic E-state index is 5.56. The van der Waals surface area contributed by atoms with E-state index in [0.717, 1.165) is 42.5 Å². The zero-order valence-electron chi connectivity index (χ0n) is 10.3. The highest BCUT2D eigenvalue weighted by Crippen LogP contribution is 2.20. The normalized spacial score (nSPS) is 16.9. The molecule has 0 spiro atoms. The lowest BCUT2D eigenvalue weighted by Gasteiger charge is -2.34. The van der Waals surface area contributed by atoms with Crippen LogP contribution in [0.15, 0.2) is 24.3 Å². The van der Waals surface area contributed by atoms with Crippen LogP contribution in [0.25, 0.3) is 0 Å². The topological polar surface area (TPSA) is 15.7 Å². The molecule has 0 N–H and O–H groups in total. The SMILES string of the molecule is COc1ccccc1C(=S)N1CCN(C)CC1. The molecule has 0 bridgehead atoms. The largest absolute Gasteiger partial charge is 0.496 e. The van der Waals surface area contributed by atoms with Crippen molar-refractivity contribution in [2.24, 2.45) is 0 Å². The molecule has 0 unspecified atom stereocenters. The zero-order chi connectivity index (χ0) is 12.3. The third-order valence-corrected chi connectivity index (χ3v) is 3.61. The number of thiocarbonyl (C=S) groups is 1. The zero-order valence-corrected chi connectivity index (χ0v) is 11.2. The van der Waals surface area contributed by atoms with Crippen molar-refractivity contribution < 1.29 is 4.74 Å². The number of nitrogens with zero attached hydrogens (tertiary/aromatic N) is 2. The van der Waals surface area contributed by atoms with E-state index in [-0.39, 0.29) is 0 Å². The second-order valence-electron chi connectivity index (χ2n) is 4.30. The Balaban J connectivity index is 2.14. The van der Waals surface area contributed by atoms with Gasteiger partial charge in [0.1, 0.15) is 10.7 Å². The van der Waals surface area contributed by atoms with Gasteiger partial charge in [-0.25, -0.2) is 0 Å². The second-order valence-corrected chi connectivity index (χ2v) is 4.68. The van der Waals surface area contributed by atoms with E-state index < -0.39 is 0 Å². The fourth-order valence-electron chi connectivity index (χ4n) is 2.00. The summed E-state index contributed by atoms with van der Waals surface area (Å²) in [6.07, 6.45) is 0. The van der Waals surface area contributed by atoms with Gasteiger partial charge in [0.2, 0.25) is 0 Å². The standard InChI is InChI=1S/C13H18N2OS/c1-14-7-9-15(10-8-14)13(17)11-5-3-4-6-12(11)16-2/h3-6H,7-10H2,1-2H3. The lowest BCUT2D eigenvalue weighted by molar-refractivity contribution is 0.217. The maximum Gasteiger partial charge on any atom is 0.129 e. The number of rotatable bonds is 2. The Bertz CT molecular complexity index is 400. The number of hydrogen-bond donors (Lipinski definition) is 0. The van der Waals surface area contributed by atoms with Gasteiger partial charge in [-0.05, 0) is 19.2 Å². The molecule has 0 radical (unpaired) electrons. The summed E-state index contributed by atoms with van der Waals surface area (Å²) >= 11 is 5.56. The van der Waals surface area contributed by atoms with Crippen molar-refractivity contribution in [3.8, 4) is 5.75 Å². The van der Waals surface area contributed by atoms with Gasteiger partial charge in [-0.2, -0.15) is 0 Å². The molecule has 92 valence electrons. The Labute approximate surface area is 108 Å². The monoisotopic (exact) mass is 250 g/mol. The van der Waals surface area contributed by atoms with E-state index in [9.17, 15) is 0 Å². The van der Waals surface area contributed by atoms with Crippen molar-refractivity contribution in [2.75, 3.05) is 40.3 Å². The first-order valence-electron chi connectivity index (χ1n) is 5.83. The summed E-state index contributed by atoms with van der Waals surface area (Å²) in [5.74, 6) is 0.858. The van der Waals surface area contributed by atoms with Crippen molar-refractivity contribution in [1.82, 2.24) is 9.80 Å². The molecule has 0 aliphatic carbocycles. The van der Waals surface area contributed by atoms with Crippen molar-refractivity contribution in [1.29, 1.82) is 0 Å². The molecule has 1 aliphatic rings. The smallest absolute Gasteiger partial charge is 0.129 e. The Morgan fingerprint density at radius 1 is 1.18 bits per heavy atom. The van der Waals surface area contributed by atoms with Crippen LogP contribution in [-0.4, -0.2) is 55.1 Å². The molecule has 1 aromatic carbocycles. The van der Waals surface area contributed by atoms with Crippen molar-refractivity contribution in [3.63, 3.8) is 0 Å². The molecule has 0 amide bonds. The number of benzene rings is 1. The number of hydrogen-bond acceptors (Lipinski definition) is 3. The molecule has 1 fully saturated rings. The van der Waals surface area contributed by atoms with Crippen LogP contribution in [0.5, 0.6) is 5.75 Å². The van der Waals surface area contributed by atoms with Crippen LogP contribution < -0.4 is 4.74 Å². The Kier molecular flexibility index (Phi) is 3.97. The predicted octanol–water partition coefficient (Wildman–Crippen LogP) is 1.62. The van der Waals surface area contributed by atoms with E-state index in [1.54, 1.807) is 7.11 Å². The van der Waals surface area contributed by atoms with Gasteiger partial charge in [-0.1, -0.05) is 24.4 Å². The van der Waals surface area contributed by atoms with Gasteiger partial charge in [0.25, 0.3) is 0 Å². The van der Waals surface area contributed by atoms with E-state index in [2.05, 4.69) is 16.8 Å². The van der Waals surface area contributed by atoms with Gasteiger partial charge in [0, 0.05) is 26.2 Å². The number of para-hydroxylation sites is 1. The lowest BCUT2D eigenvalue weighted by Crippen LogP contribution is -2.46. The molecule has 0 saturated carbocycles. The third-order valence-electron chi connectivity index (χ3n) is 3.13. The average Bonchev–Trinajstić information content (AvgIpc) is 2.39. The highest BCUT2D eigenvalue weighted by molar-refractivity contribution is 7.80. The van der Waals surface area contributed by atoms with E-state index in [1.807, 2.05) is 24.3 Å². The highest BCUT2D eigenvalue weighted by Gasteiger charge is 2.19. The molecule has 1 aliphatic heterocycles. The molecule has 1 saturated heterocycles. The summed E-state index contributed by atoms with van der Waals surface area (Å²) in [6.45, 7) is 4.12. The molecule has 1 aromatic rings. The molecular weight excluding hydrogens is 232 g/mol. The van der Waals surface area contributed by atoms with Gasteiger partial charge in [0.15, 0.2) is 0 Å². The molecular formula is C13H18N2OS. The van der Waals surface area contributed by atoms with E-state index >= 15 is 0 Å². The molecule has 1 heterocycles. The number of methoxy groups -OCH3 is 1. The van der Waals surface area contributed by atoms with Crippen molar-refractivity contribution >= 4 is 17.2 Å². The van der Waals surface area contributed by atoms with E-state index in [0.29, 0.717) is 0 Å². The Hall–Kier alpha value is -1.13. The number of ether oxygens (including phenoxy) is 1. The first kappa shape index (κ1) is 12.3. The van der Waals surface area contributed by atoms with E-state index in [1.165, 1.54) is 0 Å². The van der Waals surface area contributed by atoms with E-state index in [4.69, 9.17) is 17.0 Å². The minimum atomic E-state index is 0.858. The molecule has 4 heteroatoms. The highest BCUT2D eigenvalue weighted by atomic mass is 32.1. The molecule has 2 rings (SSSR count). The quantitative estimate of drug-likeness (QED) is 0.741. The van der Waals surface area contributed by atoms with Crippen LogP contribution >= 0.6 is 12.2 Å².